The maximum absolute atomic E-state index is 12.1. The molecular formula is C19H23N5O2. The van der Waals surface area contributed by atoms with Crippen molar-refractivity contribution in [1.82, 2.24) is 9.97 Å². The van der Waals surface area contributed by atoms with Crippen LogP contribution in [0.2, 0.25) is 0 Å². The first-order valence-corrected chi connectivity index (χ1v) is 8.58. The van der Waals surface area contributed by atoms with Crippen molar-refractivity contribution in [3.63, 3.8) is 0 Å². The largest absolute Gasteiger partial charge is 0.481 e. The van der Waals surface area contributed by atoms with E-state index in [1.807, 2.05) is 47.4 Å². The number of nitrogens with zero attached hydrogens (tertiary/aromatic N) is 3. The van der Waals surface area contributed by atoms with E-state index < -0.39 is 11.4 Å². The highest BCUT2D eigenvalue weighted by molar-refractivity contribution is 5.76. The Kier molecular flexibility index (Phi) is 5.06. The fraction of sp³-hybridized carbons (Fsp3) is 0.316. The second kappa shape index (κ2) is 7.43. The summed E-state index contributed by atoms with van der Waals surface area (Å²) >= 11 is 0. The summed E-state index contributed by atoms with van der Waals surface area (Å²) in [5.74, 6) is 0.153. The first-order chi connectivity index (χ1) is 12.5. The molecule has 1 aromatic heterocycles. The Morgan fingerprint density at radius 1 is 1.27 bits per heavy atom. The first-order valence-electron chi connectivity index (χ1n) is 8.58. The van der Waals surface area contributed by atoms with Gasteiger partial charge in [0.15, 0.2) is 0 Å². The molecule has 0 amide bonds. The van der Waals surface area contributed by atoms with E-state index in [2.05, 4.69) is 9.97 Å². The average molecular weight is 353 g/mol. The third kappa shape index (κ3) is 3.93. The standard InChI is InChI=1S/C19H23N5O2/c20-15-12-16(23-18(21)22-15)24-11-5-10-19(13-24,17(25)26)9-4-8-14-6-2-1-3-7-14/h1-4,6-8,12H,5,9-11,13H2,(H,25,26)(H4,20,21,22,23)/b8-4+/t19-/m0/s1. The molecule has 1 aliphatic heterocycles. The van der Waals surface area contributed by atoms with Crippen molar-refractivity contribution in [3.8, 4) is 0 Å². The Morgan fingerprint density at radius 3 is 2.73 bits per heavy atom. The SMILES string of the molecule is Nc1cc(N2CCC[C@](C/C=C/c3ccccc3)(C(=O)O)C2)nc(N)n1. The summed E-state index contributed by atoms with van der Waals surface area (Å²) in [5.41, 5.74) is 11.6. The normalized spacial score (nSPS) is 20.4. The number of nitrogen functional groups attached to an aromatic ring is 2. The zero-order valence-electron chi connectivity index (χ0n) is 14.5. The van der Waals surface area contributed by atoms with Gasteiger partial charge in [-0.05, 0) is 24.8 Å². The molecule has 0 aliphatic carbocycles. The predicted octanol–water partition coefficient (Wildman–Crippen LogP) is 2.42. The van der Waals surface area contributed by atoms with Crippen molar-refractivity contribution in [3.05, 3.63) is 48.0 Å². The average Bonchev–Trinajstić information content (AvgIpc) is 2.62. The monoisotopic (exact) mass is 353 g/mol. The summed E-state index contributed by atoms with van der Waals surface area (Å²) in [4.78, 5) is 22.1. The molecule has 1 aromatic carbocycles. The number of hydrogen-bond acceptors (Lipinski definition) is 6. The highest BCUT2D eigenvalue weighted by Crippen LogP contribution is 2.36. The summed E-state index contributed by atoms with van der Waals surface area (Å²) in [6.45, 7) is 1.07. The van der Waals surface area contributed by atoms with Gasteiger partial charge in [-0.15, -0.1) is 0 Å². The molecule has 1 saturated heterocycles. The van der Waals surface area contributed by atoms with Crippen LogP contribution in [0.15, 0.2) is 42.5 Å². The number of aromatic nitrogens is 2. The van der Waals surface area contributed by atoms with Crippen LogP contribution in [0, 0.1) is 5.41 Å². The molecule has 0 bridgehead atoms. The molecule has 26 heavy (non-hydrogen) atoms. The lowest BCUT2D eigenvalue weighted by molar-refractivity contribution is -0.149. The van der Waals surface area contributed by atoms with E-state index in [1.54, 1.807) is 6.07 Å². The second-order valence-electron chi connectivity index (χ2n) is 6.64. The van der Waals surface area contributed by atoms with E-state index in [4.69, 9.17) is 11.5 Å². The molecule has 0 unspecified atom stereocenters. The van der Waals surface area contributed by atoms with E-state index in [9.17, 15) is 9.90 Å². The number of carbonyl (C=O) groups is 1. The highest BCUT2D eigenvalue weighted by Gasteiger charge is 2.42. The minimum absolute atomic E-state index is 0.0930. The number of allylic oxidation sites excluding steroid dienone is 1. The van der Waals surface area contributed by atoms with Crippen molar-refractivity contribution in [2.24, 2.45) is 5.41 Å². The Labute approximate surface area is 152 Å². The first kappa shape index (κ1) is 17.7. The number of benzene rings is 1. The van der Waals surface area contributed by atoms with Gasteiger partial charge in [0.1, 0.15) is 11.6 Å². The lowest BCUT2D eigenvalue weighted by atomic mass is 9.77. The molecule has 0 radical (unpaired) electrons. The van der Waals surface area contributed by atoms with Gasteiger partial charge >= 0.3 is 5.97 Å². The number of carboxylic acids is 1. The van der Waals surface area contributed by atoms with Crippen LogP contribution in [0.1, 0.15) is 24.8 Å². The van der Waals surface area contributed by atoms with E-state index in [0.29, 0.717) is 31.7 Å². The summed E-state index contributed by atoms with van der Waals surface area (Å²) in [6.07, 6.45) is 5.73. The second-order valence-corrected chi connectivity index (χ2v) is 6.64. The summed E-state index contributed by atoms with van der Waals surface area (Å²) in [6, 6.07) is 11.5. The van der Waals surface area contributed by atoms with Gasteiger partial charge in [0.2, 0.25) is 5.95 Å². The van der Waals surface area contributed by atoms with Gasteiger partial charge in [-0.3, -0.25) is 4.79 Å². The number of anilines is 3. The zero-order valence-corrected chi connectivity index (χ0v) is 14.5. The van der Waals surface area contributed by atoms with Crippen molar-refractivity contribution >= 4 is 29.6 Å². The Morgan fingerprint density at radius 2 is 2.04 bits per heavy atom. The van der Waals surface area contributed by atoms with Gasteiger partial charge < -0.3 is 21.5 Å². The van der Waals surface area contributed by atoms with Gasteiger partial charge in [0.05, 0.1) is 5.41 Å². The summed E-state index contributed by atoms with van der Waals surface area (Å²) in [7, 11) is 0. The molecule has 0 saturated carbocycles. The number of nitrogens with two attached hydrogens (primary N) is 2. The molecule has 1 fully saturated rings. The number of piperidine rings is 1. The van der Waals surface area contributed by atoms with Crippen LogP contribution in [-0.4, -0.2) is 34.1 Å². The van der Waals surface area contributed by atoms with Gasteiger partial charge in [-0.1, -0.05) is 42.5 Å². The molecular weight excluding hydrogens is 330 g/mol. The number of aliphatic carboxylic acids is 1. The lowest BCUT2D eigenvalue weighted by Gasteiger charge is -2.40. The lowest BCUT2D eigenvalue weighted by Crippen LogP contribution is -2.48. The van der Waals surface area contributed by atoms with Crippen LogP contribution in [0.5, 0.6) is 0 Å². The molecule has 7 heteroatoms. The maximum Gasteiger partial charge on any atom is 0.311 e. The Balaban J connectivity index is 1.79. The Bertz CT molecular complexity index is 789. The molecule has 3 rings (SSSR count). The van der Waals surface area contributed by atoms with Crippen molar-refractivity contribution < 1.29 is 9.90 Å². The summed E-state index contributed by atoms with van der Waals surface area (Å²) < 4.78 is 0. The van der Waals surface area contributed by atoms with Gasteiger partial charge in [-0.25, -0.2) is 0 Å². The third-order valence-corrected chi connectivity index (χ3v) is 4.72. The molecule has 2 aromatic rings. The molecule has 0 spiro atoms. The third-order valence-electron chi connectivity index (χ3n) is 4.72. The minimum atomic E-state index is -0.863. The van der Waals surface area contributed by atoms with Gasteiger partial charge in [0.25, 0.3) is 0 Å². The fourth-order valence-corrected chi connectivity index (χ4v) is 3.37. The van der Waals surface area contributed by atoms with Crippen LogP contribution in [0.4, 0.5) is 17.6 Å². The molecule has 1 atom stereocenters. The van der Waals surface area contributed by atoms with Crippen LogP contribution in [-0.2, 0) is 4.79 Å². The van der Waals surface area contributed by atoms with Crippen LogP contribution < -0.4 is 16.4 Å². The molecule has 136 valence electrons. The van der Waals surface area contributed by atoms with Crippen LogP contribution >= 0.6 is 0 Å². The smallest absolute Gasteiger partial charge is 0.311 e. The number of carboxylic acid groups (broad SMARTS) is 1. The molecule has 7 nitrogen and oxygen atoms in total. The number of hydrogen-bond donors (Lipinski definition) is 3. The maximum atomic E-state index is 12.1. The van der Waals surface area contributed by atoms with Gasteiger partial charge in [-0.2, -0.15) is 9.97 Å². The molecule has 5 N–H and O–H groups in total. The van der Waals surface area contributed by atoms with E-state index >= 15 is 0 Å². The highest BCUT2D eigenvalue weighted by atomic mass is 16.4. The minimum Gasteiger partial charge on any atom is -0.481 e. The fourth-order valence-electron chi connectivity index (χ4n) is 3.37. The van der Waals surface area contributed by atoms with Gasteiger partial charge in [0, 0.05) is 19.2 Å². The quantitative estimate of drug-likeness (QED) is 0.755. The van der Waals surface area contributed by atoms with E-state index in [1.165, 1.54) is 0 Å². The van der Waals surface area contributed by atoms with Crippen LogP contribution in [0.3, 0.4) is 0 Å². The number of rotatable bonds is 5. The zero-order chi connectivity index (χ0) is 18.6. The van der Waals surface area contributed by atoms with E-state index in [-0.39, 0.29) is 11.8 Å². The van der Waals surface area contributed by atoms with E-state index in [0.717, 1.165) is 12.0 Å². The van der Waals surface area contributed by atoms with Crippen molar-refractivity contribution in [2.45, 2.75) is 19.3 Å². The summed E-state index contributed by atoms with van der Waals surface area (Å²) in [5, 5.41) is 9.92. The molecule has 1 aliphatic rings. The van der Waals surface area contributed by atoms with Crippen molar-refractivity contribution in [1.29, 1.82) is 0 Å². The Hall–Kier alpha value is -3.09. The topological polar surface area (TPSA) is 118 Å². The predicted molar refractivity (Wildman–Crippen MR) is 102 cm³/mol. The van der Waals surface area contributed by atoms with Crippen molar-refractivity contribution in [2.75, 3.05) is 29.5 Å². The molecule has 2 heterocycles. The van der Waals surface area contributed by atoms with Crippen LogP contribution in [0.25, 0.3) is 6.08 Å².